The van der Waals surface area contributed by atoms with Gasteiger partial charge in [0, 0.05) is 11.8 Å². The fourth-order valence-electron chi connectivity index (χ4n) is 2.74. The fourth-order valence-corrected chi connectivity index (χ4v) is 2.74. The van der Waals surface area contributed by atoms with Crippen molar-refractivity contribution in [2.24, 2.45) is 17.3 Å². The van der Waals surface area contributed by atoms with Gasteiger partial charge in [0.15, 0.2) is 0 Å². The molecule has 0 saturated heterocycles. The number of allylic oxidation sites excluding steroid dienone is 2. The molecule has 0 heterocycles. The van der Waals surface area contributed by atoms with E-state index in [1.54, 1.807) is 0 Å². The third kappa shape index (κ3) is 0.825. The van der Waals surface area contributed by atoms with Crippen molar-refractivity contribution in [2.75, 3.05) is 0 Å². The van der Waals surface area contributed by atoms with Crippen molar-refractivity contribution >= 4 is 5.78 Å². The Morgan fingerprint density at radius 1 is 1.58 bits per heavy atom. The molecular formula is C11H16O. The molecule has 1 heteroatoms. The van der Waals surface area contributed by atoms with Crippen LogP contribution in [0.15, 0.2) is 12.2 Å². The van der Waals surface area contributed by atoms with Gasteiger partial charge in [-0.15, -0.1) is 0 Å². The van der Waals surface area contributed by atoms with Crippen LogP contribution in [0, 0.1) is 17.3 Å². The summed E-state index contributed by atoms with van der Waals surface area (Å²) in [5.41, 5.74) is -0.0191. The monoisotopic (exact) mass is 164 g/mol. The van der Waals surface area contributed by atoms with Gasteiger partial charge in [-0.1, -0.05) is 26.0 Å². The Kier molecular flexibility index (Phi) is 1.64. The first kappa shape index (κ1) is 8.03. The van der Waals surface area contributed by atoms with Crippen LogP contribution in [0.1, 0.15) is 33.1 Å². The Morgan fingerprint density at radius 2 is 2.33 bits per heavy atom. The summed E-state index contributed by atoms with van der Waals surface area (Å²) in [7, 11) is 0. The fraction of sp³-hybridized carbons (Fsp3) is 0.727. The summed E-state index contributed by atoms with van der Waals surface area (Å²) >= 11 is 0. The molecular weight excluding hydrogens is 148 g/mol. The molecule has 0 aromatic rings. The second-order valence-electron chi connectivity index (χ2n) is 4.39. The van der Waals surface area contributed by atoms with E-state index in [4.69, 9.17) is 0 Å². The smallest absolute Gasteiger partial charge is 0.139 e. The van der Waals surface area contributed by atoms with Crippen LogP contribution in [-0.2, 0) is 4.79 Å². The van der Waals surface area contributed by atoms with Gasteiger partial charge in [0.05, 0.1) is 0 Å². The molecule has 0 unspecified atom stereocenters. The van der Waals surface area contributed by atoms with Gasteiger partial charge in [-0.3, -0.25) is 4.79 Å². The average Bonchev–Trinajstić information content (AvgIpc) is 2.33. The van der Waals surface area contributed by atoms with Gasteiger partial charge in [-0.2, -0.15) is 0 Å². The van der Waals surface area contributed by atoms with E-state index in [0.29, 0.717) is 17.6 Å². The zero-order valence-electron chi connectivity index (χ0n) is 7.84. The molecule has 1 nitrogen and oxygen atoms in total. The van der Waals surface area contributed by atoms with Crippen molar-refractivity contribution in [2.45, 2.75) is 33.1 Å². The maximum absolute atomic E-state index is 11.7. The molecule has 2 aliphatic rings. The van der Waals surface area contributed by atoms with E-state index >= 15 is 0 Å². The molecule has 1 saturated carbocycles. The molecule has 66 valence electrons. The zero-order chi connectivity index (χ0) is 8.77. The lowest BCUT2D eigenvalue weighted by molar-refractivity contribution is -0.128. The molecule has 0 aromatic heterocycles. The molecule has 1 fully saturated rings. The number of hydrogen-bond donors (Lipinski definition) is 0. The molecule has 0 N–H and O–H groups in total. The average molecular weight is 164 g/mol. The Balaban J connectivity index is 2.38. The Morgan fingerprint density at radius 3 is 3.00 bits per heavy atom. The topological polar surface area (TPSA) is 17.1 Å². The highest BCUT2D eigenvalue weighted by Crippen LogP contribution is 2.50. The second-order valence-corrected chi connectivity index (χ2v) is 4.39. The van der Waals surface area contributed by atoms with Crippen LogP contribution in [0.4, 0.5) is 0 Å². The van der Waals surface area contributed by atoms with Gasteiger partial charge in [-0.05, 0) is 24.7 Å². The summed E-state index contributed by atoms with van der Waals surface area (Å²) in [6.07, 6.45) is 7.50. The molecule has 0 amide bonds. The molecule has 0 bridgehead atoms. The Bertz CT molecular complexity index is 241. The number of carbonyl (C=O) groups excluding carboxylic acids is 1. The van der Waals surface area contributed by atoms with Crippen molar-refractivity contribution in [1.82, 2.24) is 0 Å². The third-order valence-corrected chi connectivity index (χ3v) is 3.96. The predicted octanol–water partition coefficient (Wildman–Crippen LogP) is 2.57. The van der Waals surface area contributed by atoms with E-state index in [1.165, 1.54) is 0 Å². The number of Topliss-reactive ketones (excluding diaryl/α,β-unsaturated/α-hetero) is 1. The molecule has 12 heavy (non-hydrogen) atoms. The number of ketones is 1. The zero-order valence-corrected chi connectivity index (χ0v) is 7.84. The lowest BCUT2D eigenvalue weighted by Crippen LogP contribution is -2.36. The molecule has 3 atom stereocenters. The van der Waals surface area contributed by atoms with Crippen molar-refractivity contribution in [3.8, 4) is 0 Å². The quantitative estimate of drug-likeness (QED) is 0.503. The van der Waals surface area contributed by atoms with Gasteiger partial charge in [0.25, 0.3) is 0 Å². The SMILES string of the molecule is C[C@@H]1C=CC[C@@H]2CCC(=O)[C@@]21C. The van der Waals surface area contributed by atoms with Crippen LogP contribution in [0.5, 0.6) is 0 Å². The number of fused-ring (bicyclic) bond motifs is 1. The molecule has 2 rings (SSSR count). The lowest BCUT2D eigenvalue weighted by atomic mass is 9.66. The molecule has 0 radical (unpaired) electrons. The van der Waals surface area contributed by atoms with Crippen molar-refractivity contribution in [1.29, 1.82) is 0 Å². The van der Waals surface area contributed by atoms with E-state index in [9.17, 15) is 4.79 Å². The van der Waals surface area contributed by atoms with Crippen molar-refractivity contribution < 1.29 is 4.79 Å². The van der Waals surface area contributed by atoms with E-state index in [0.717, 1.165) is 19.3 Å². The Hall–Kier alpha value is -0.590. The summed E-state index contributed by atoms with van der Waals surface area (Å²) in [6.45, 7) is 4.33. The summed E-state index contributed by atoms with van der Waals surface area (Å²) in [4.78, 5) is 11.7. The standard InChI is InChI=1S/C11H16O/c1-8-4-3-5-9-6-7-10(12)11(8,9)2/h3-4,8-9H,5-7H2,1-2H3/t8-,9-,11-/m1/s1. The summed E-state index contributed by atoms with van der Waals surface area (Å²) in [6, 6.07) is 0. The Labute approximate surface area is 73.8 Å². The van der Waals surface area contributed by atoms with Gasteiger partial charge in [0.2, 0.25) is 0 Å². The number of carbonyl (C=O) groups is 1. The van der Waals surface area contributed by atoms with Crippen LogP contribution in [0.2, 0.25) is 0 Å². The molecule has 0 aromatic carbocycles. The van der Waals surface area contributed by atoms with Gasteiger partial charge < -0.3 is 0 Å². The van der Waals surface area contributed by atoms with E-state index < -0.39 is 0 Å². The highest BCUT2D eigenvalue weighted by molar-refractivity contribution is 5.87. The highest BCUT2D eigenvalue weighted by Gasteiger charge is 2.49. The van der Waals surface area contributed by atoms with E-state index in [1.807, 2.05) is 0 Å². The largest absolute Gasteiger partial charge is 0.299 e. The van der Waals surface area contributed by atoms with Crippen LogP contribution >= 0.6 is 0 Å². The second kappa shape index (κ2) is 2.45. The van der Waals surface area contributed by atoms with Crippen molar-refractivity contribution in [3.63, 3.8) is 0 Å². The minimum absolute atomic E-state index is 0.0191. The first-order chi connectivity index (χ1) is 5.65. The summed E-state index contributed by atoms with van der Waals surface area (Å²) in [5.74, 6) is 1.57. The van der Waals surface area contributed by atoms with Crippen molar-refractivity contribution in [3.05, 3.63) is 12.2 Å². The lowest BCUT2D eigenvalue weighted by Gasteiger charge is -2.37. The third-order valence-electron chi connectivity index (χ3n) is 3.96. The summed E-state index contributed by atoms with van der Waals surface area (Å²) in [5, 5.41) is 0. The highest BCUT2D eigenvalue weighted by atomic mass is 16.1. The van der Waals surface area contributed by atoms with Gasteiger partial charge in [0.1, 0.15) is 5.78 Å². The van der Waals surface area contributed by atoms with Gasteiger partial charge in [-0.25, -0.2) is 0 Å². The number of rotatable bonds is 0. The maximum atomic E-state index is 11.7. The van der Waals surface area contributed by atoms with Gasteiger partial charge >= 0.3 is 0 Å². The molecule has 0 spiro atoms. The summed E-state index contributed by atoms with van der Waals surface area (Å²) < 4.78 is 0. The van der Waals surface area contributed by atoms with E-state index in [-0.39, 0.29) is 5.41 Å². The first-order valence-corrected chi connectivity index (χ1v) is 4.85. The minimum atomic E-state index is -0.0191. The minimum Gasteiger partial charge on any atom is -0.299 e. The normalized spacial score (nSPS) is 46.3. The molecule has 0 aliphatic heterocycles. The predicted molar refractivity (Wildman–Crippen MR) is 48.8 cm³/mol. The number of hydrogen-bond acceptors (Lipinski definition) is 1. The van der Waals surface area contributed by atoms with Crippen LogP contribution in [0.25, 0.3) is 0 Å². The maximum Gasteiger partial charge on any atom is 0.139 e. The van der Waals surface area contributed by atoms with Crippen LogP contribution in [0.3, 0.4) is 0 Å². The first-order valence-electron chi connectivity index (χ1n) is 4.85. The van der Waals surface area contributed by atoms with E-state index in [2.05, 4.69) is 26.0 Å². The molecule has 2 aliphatic carbocycles. The van der Waals surface area contributed by atoms with Crippen LogP contribution in [-0.4, -0.2) is 5.78 Å². The van der Waals surface area contributed by atoms with Crippen LogP contribution < -0.4 is 0 Å².